The third-order valence-electron chi connectivity index (χ3n) is 6.06. The predicted octanol–water partition coefficient (Wildman–Crippen LogP) is 4.41. The number of amides is 2. The molecule has 0 saturated heterocycles. The molecule has 0 heterocycles. The molecule has 1 unspecified atom stereocenters. The fourth-order valence-corrected chi connectivity index (χ4v) is 4.28. The number of fused-ring (bicyclic) bond motifs is 3. The van der Waals surface area contributed by atoms with Crippen LogP contribution < -0.4 is 10.6 Å². The van der Waals surface area contributed by atoms with Crippen LogP contribution in [0.5, 0.6) is 5.75 Å². The number of rotatable bonds is 8. The second-order valence-electron chi connectivity index (χ2n) is 8.45. The Bertz CT molecular complexity index is 1230. The third kappa shape index (κ3) is 5.43. The van der Waals surface area contributed by atoms with Crippen molar-refractivity contribution in [3.63, 3.8) is 0 Å². The summed E-state index contributed by atoms with van der Waals surface area (Å²) in [6.07, 6.45) is -1.22. The first-order valence-corrected chi connectivity index (χ1v) is 11.3. The maximum Gasteiger partial charge on any atom is 0.407 e. The van der Waals surface area contributed by atoms with Gasteiger partial charge in [0.25, 0.3) is 0 Å². The van der Waals surface area contributed by atoms with E-state index in [1.54, 1.807) is 13.0 Å². The number of anilines is 1. The van der Waals surface area contributed by atoms with Crippen molar-refractivity contribution in [2.75, 3.05) is 11.9 Å². The molecule has 0 radical (unpaired) electrons. The molecule has 1 aliphatic rings. The summed E-state index contributed by atoms with van der Waals surface area (Å²) in [4.78, 5) is 36.5. The number of alkyl carbamates (subject to hydrolysis) is 1. The van der Waals surface area contributed by atoms with Crippen molar-refractivity contribution in [2.45, 2.75) is 31.7 Å². The summed E-state index contributed by atoms with van der Waals surface area (Å²) in [5.74, 6) is -1.72. The van der Waals surface area contributed by atoms with E-state index in [0.29, 0.717) is 11.3 Å². The van der Waals surface area contributed by atoms with Crippen molar-refractivity contribution in [1.82, 2.24) is 5.32 Å². The second-order valence-corrected chi connectivity index (χ2v) is 8.45. The Morgan fingerprint density at radius 1 is 0.971 bits per heavy atom. The molecule has 0 saturated carbocycles. The van der Waals surface area contributed by atoms with Crippen LogP contribution in [0.2, 0.25) is 0 Å². The molecule has 1 aliphatic carbocycles. The SMILES string of the molecule is Cc1cc(NC(=O)C(CCC(=O)O)NC(=O)OCC2c3ccccc3-c3ccccc32)ccc1O. The maximum atomic E-state index is 12.8. The van der Waals surface area contributed by atoms with Crippen molar-refractivity contribution in [2.24, 2.45) is 0 Å². The minimum atomic E-state index is -1.11. The second kappa shape index (κ2) is 10.3. The van der Waals surface area contributed by atoms with Crippen LogP contribution in [0.4, 0.5) is 10.5 Å². The van der Waals surface area contributed by atoms with Gasteiger partial charge in [0, 0.05) is 18.0 Å². The molecule has 0 bridgehead atoms. The monoisotopic (exact) mass is 474 g/mol. The van der Waals surface area contributed by atoms with Gasteiger partial charge in [-0.15, -0.1) is 0 Å². The van der Waals surface area contributed by atoms with Crippen LogP contribution in [-0.2, 0) is 14.3 Å². The molecule has 3 aromatic rings. The predicted molar refractivity (Wildman–Crippen MR) is 130 cm³/mol. The molecule has 0 aliphatic heterocycles. The number of aliphatic carboxylic acids is 1. The van der Waals surface area contributed by atoms with E-state index in [1.165, 1.54) is 12.1 Å². The lowest BCUT2D eigenvalue weighted by atomic mass is 9.98. The number of phenolic OH excluding ortho intramolecular Hbond substituents is 1. The number of ether oxygens (including phenoxy) is 1. The van der Waals surface area contributed by atoms with Gasteiger partial charge >= 0.3 is 12.1 Å². The number of carbonyl (C=O) groups is 3. The van der Waals surface area contributed by atoms with Gasteiger partial charge < -0.3 is 25.6 Å². The fourth-order valence-electron chi connectivity index (χ4n) is 4.28. The van der Waals surface area contributed by atoms with Crippen LogP contribution in [0.15, 0.2) is 66.7 Å². The first kappa shape index (κ1) is 23.8. The zero-order valence-corrected chi connectivity index (χ0v) is 19.2. The molecule has 35 heavy (non-hydrogen) atoms. The van der Waals surface area contributed by atoms with E-state index < -0.39 is 24.0 Å². The lowest BCUT2D eigenvalue weighted by Gasteiger charge is -2.19. The molecular formula is C27H26N2O6. The molecule has 4 N–H and O–H groups in total. The van der Waals surface area contributed by atoms with Gasteiger partial charge in [0.05, 0.1) is 0 Å². The molecule has 2 amide bonds. The minimum Gasteiger partial charge on any atom is -0.508 e. The van der Waals surface area contributed by atoms with E-state index in [-0.39, 0.29) is 31.1 Å². The number of hydrogen-bond donors (Lipinski definition) is 4. The Morgan fingerprint density at radius 3 is 2.20 bits per heavy atom. The van der Waals surface area contributed by atoms with Gasteiger partial charge in [-0.3, -0.25) is 9.59 Å². The third-order valence-corrected chi connectivity index (χ3v) is 6.06. The average molecular weight is 475 g/mol. The Balaban J connectivity index is 1.43. The van der Waals surface area contributed by atoms with Crippen molar-refractivity contribution < 1.29 is 29.3 Å². The summed E-state index contributed by atoms with van der Waals surface area (Å²) in [5, 5.41) is 23.9. The zero-order valence-electron chi connectivity index (χ0n) is 19.2. The van der Waals surface area contributed by atoms with E-state index in [0.717, 1.165) is 22.3 Å². The summed E-state index contributed by atoms with van der Waals surface area (Å²) in [6.45, 7) is 1.76. The topological polar surface area (TPSA) is 125 Å². The highest BCUT2D eigenvalue weighted by atomic mass is 16.5. The van der Waals surface area contributed by atoms with Gasteiger partial charge in [0.1, 0.15) is 18.4 Å². The lowest BCUT2D eigenvalue weighted by Crippen LogP contribution is -2.44. The quantitative estimate of drug-likeness (QED) is 0.359. The van der Waals surface area contributed by atoms with E-state index in [2.05, 4.69) is 10.6 Å². The molecule has 3 aromatic carbocycles. The van der Waals surface area contributed by atoms with Gasteiger partial charge in [-0.25, -0.2) is 4.79 Å². The standard InChI is InChI=1S/C27H26N2O6/c1-16-14-17(10-12-24(16)30)28-26(33)23(11-13-25(31)32)29-27(34)35-15-22-20-8-4-2-6-18(20)19-7-3-5-9-21(19)22/h2-10,12,14,22-23,30H,11,13,15H2,1H3,(H,28,33)(H,29,34)(H,31,32). The highest BCUT2D eigenvalue weighted by Crippen LogP contribution is 2.44. The van der Waals surface area contributed by atoms with Crippen LogP contribution in [-0.4, -0.2) is 40.8 Å². The highest BCUT2D eigenvalue weighted by molar-refractivity contribution is 5.97. The van der Waals surface area contributed by atoms with Crippen molar-refractivity contribution in [3.05, 3.63) is 83.4 Å². The van der Waals surface area contributed by atoms with Crippen molar-refractivity contribution in [1.29, 1.82) is 0 Å². The van der Waals surface area contributed by atoms with E-state index in [4.69, 9.17) is 9.84 Å². The number of benzene rings is 3. The number of carboxylic acids is 1. The Morgan fingerprint density at radius 2 is 1.60 bits per heavy atom. The molecular weight excluding hydrogens is 448 g/mol. The smallest absolute Gasteiger partial charge is 0.407 e. The fraction of sp³-hybridized carbons (Fsp3) is 0.222. The first-order chi connectivity index (χ1) is 16.8. The zero-order chi connectivity index (χ0) is 24.9. The molecule has 4 rings (SSSR count). The molecule has 180 valence electrons. The number of carboxylic acid groups (broad SMARTS) is 1. The van der Waals surface area contributed by atoms with Gasteiger partial charge in [-0.2, -0.15) is 0 Å². The summed E-state index contributed by atoms with van der Waals surface area (Å²) >= 11 is 0. The van der Waals surface area contributed by atoms with Crippen LogP contribution in [0.25, 0.3) is 11.1 Å². The molecule has 0 fully saturated rings. The number of aryl methyl sites for hydroxylation is 1. The van der Waals surface area contributed by atoms with Crippen LogP contribution in [0.3, 0.4) is 0 Å². The minimum absolute atomic E-state index is 0.0737. The summed E-state index contributed by atoms with van der Waals surface area (Å²) < 4.78 is 5.50. The lowest BCUT2D eigenvalue weighted by molar-refractivity contribution is -0.137. The average Bonchev–Trinajstić information content (AvgIpc) is 3.16. The van der Waals surface area contributed by atoms with Crippen LogP contribution >= 0.6 is 0 Å². The van der Waals surface area contributed by atoms with Gasteiger partial charge in [-0.1, -0.05) is 48.5 Å². The molecule has 8 nitrogen and oxygen atoms in total. The van der Waals surface area contributed by atoms with Gasteiger partial charge in [-0.05, 0) is 59.4 Å². The Kier molecular flexibility index (Phi) is 7.01. The number of nitrogens with one attached hydrogen (secondary N) is 2. The summed E-state index contributed by atoms with van der Waals surface area (Å²) in [7, 11) is 0. The number of hydrogen-bond acceptors (Lipinski definition) is 5. The van der Waals surface area contributed by atoms with Crippen LogP contribution in [0, 0.1) is 6.92 Å². The summed E-state index contributed by atoms with van der Waals surface area (Å²) in [5.41, 5.74) is 5.29. The number of phenols is 1. The van der Waals surface area contributed by atoms with E-state index in [1.807, 2.05) is 48.5 Å². The number of aromatic hydroxyl groups is 1. The van der Waals surface area contributed by atoms with Gasteiger partial charge in [0.2, 0.25) is 5.91 Å². The Labute approximate surface area is 202 Å². The maximum absolute atomic E-state index is 12.8. The normalized spacial score (nSPS) is 12.8. The van der Waals surface area contributed by atoms with Gasteiger partial charge in [0.15, 0.2) is 0 Å². The Hall–Kier alpha value is -4.33. The molecule has 1 atom stereocenters. The first-order valence-electron chi connectivity index (χ1n) is 11.3. The largest absolute Gasteiger partial charge is 0.508 e. The van der Waals surface area contributed by atoms with Crippen molar-refractivity contribution in [3.8, 4) is 16.9 Å². The van der Waals surface area contributed by atoms with E-state index >= 15 is 0 Å². The molecule has 0 spiro atoms. The molecule has 0 aromatic heterocycles. The molecule has 8 heteroatoms. The number of carbonyl (C=O) groups excluding carboxylic acids is 2. The summed E-state index contributed by atoms with van der Waals surface area (Å²) in [6, 6.07) is 19.3. The van der Waals surface area contributed by atoms with Crippen molar-refractivity contribution >= 4 is 23.7 Å². The van der Waals surface area contributed by atoms with Crippen LogP contribution in [0.1, 0.15) is 35.4 Å². The highest BCUT2D eigenvalue weighted by Gasteiger charge is 2.30. The van der Waals surface area contributed by atoms with E-state index in [9.17, 15) is 19.5 Å².